The zero-order valence-electron chi connectivity index (χ0n) is 32.6. The summed E-state index contributed by atoms with van der Waals surface area (Å²) < 4.78 is 11.9. The van der Waals surface area contributed by atoms with E-state index in [-0.39, 0.29) is 41.8 Å². The van der Waals surface area contributed by atoms with E-state index in [2.05, 4.69) is 20.5 Å². The van der Waals surface area contributed by atoms with Gasteiger partial charge < -0.3 is 45.3 Å². The van der Waals surface area contributed by atoms with Crippen molar-refractivity contribution in [2.75, 3.05) is 39.4 Å². The van der Waals surface area contributed by atoms with Crippen molar-refractivity contribution in [3.05, 3.63) is 141 Å². The quantitative estimate of drug-likeness (QED) is 0.0537. The number of likely N-dealkylation sites (tertiary alicyclic amines) is 1. The molecule has 0 spiro atoms. The molecule has 58 heavy (non-hydrogen) atoms. The number of aromatic nitrogens is 1. The minimum Gasteiger partial charge on any atom is -0.506 e. The van der Waals surface area contributed by atoms with E-state index in [0.717, 1.165) is 31.5 Å². The van der Waals surface area contributed by atoms with Gasteiger partial charge in [-0.25, -0.2) is 4.79 Å². The second-order valence-corrected chi connectivity index (χ2v) is 15.4. The van der Waals surface area contributed by atoms with Crippen LogP contribution in [0.15, 0.2) is 108 Å². The zero-order chi connectivity index (χ0) is 40.5. The molecule has 1 saturated heterocycles. The molecule has 0 bridgehead atoms. The Kier molecular flexibility index (Phi) is 13.2. The first-order chi connectivity index (χ1) is 28.2. The number of esters is 1. The highest BCUT2D eigenvalue weighted by atomic mass is 16.5. The minimum absolute atomic E-state index is 0.0647. The van der Waals surface area contributed by atoms with Gasteiger partial charge in [-0.15, -0.1) is 0 Å². The number of pyridine rings is 1. The topological polar surface area (TPSA) is 173 Å². The number of H-pyrrole nitrogens is 1. The number of amides is 1. The number of hydrogen-bond donors (Lipinski definition) is 6. The number of nitrogens with one attached hydrogen (secondary N) is 3. The van der Waals surface area contributed by atoms with Crippen LogP contribution in [0.2, 0.25) is 0 Å². The van der Waals surface area contributed by atoms with Crippen molar-refractivity contribution in [1.82, 2.24) is 20.5 Å². The van der Waals surface area contributed by atoms with Crippen molar-refractivity contribution in [3.63, 3.8) is 0 Å². The van der Waals surface area contributed by atoms with Crippen molar-refractivity contribution in [2.24, 2.45) is 5.92 Å². The number of fused-ring (bicyclic) bond motifs is 1. The van der Waals surface area contributed by atoms with E-state index in [1.165, 1.54) is 31.4 Å². The van der Waals surface area contributed by atoms with E-state index in [4.69, 9.17) is 9.47 Å². The molecule has 1 amide bonds. The third-order valence-corrected chi connectivity index (χ3v) is 11.5. The van der Waals surface area contributed by atoms with Gasteiger partial charge in [0, 0.05) is 48.3 Å². The summed E-state index contributed by atoms with van der Waals surface area (Å²) in [5.74, 6) is -0.239. The third kappa shape index (κ3) is 9.59. The summed E-state index contributed by atoms with van der Waals surface area (Å²) in [5.41, 5.74) is 0.711. The fraction of sp³-hybridized carbons (Fsp3) is 0.370. The van der Waals surface area contributed by atoms with E-state index in [1.807, 2.05) is 18.2 Å². The smallest absolute Gasteiger partial charge is 0.347 e. The number of phenols is 1. The molecule has 2 aliphatic rings. The lowest BCUT2D eigenvalue weighted by molar-refractivity contribution is -0.164. The molecule has 304 valence electrons. The Morgan fingerprint density at radius 3 is 2.40 bits per heavy atom. The number of aromatic hydroxyl groups is 1. The molecule has 1 aliphatic carbocycles. The van der Waals surface area contributed by atoms with Crippen LogP contribution in [0.25, 0.3) is 10.9 Å². The van der Waals surface area contributed by atoms with Crippen molar-refractivity contribution in [2.45, 2.75) is 62.8 Å². The van der Waals surface area contributed by atoms with E-state index in [9.17, 15) is 29.7 Å². The third-order valence-electron chi connectivity index (χ3n) is 11.5. The Balaban J connectivity index is 0.858. The molecule has 12 nitrogen and oxygen atoms in total. The number of piperidine rings is 1. The summed E-state index contributed by atoms with van der Waals surface area (Å²) in [6, 6.07) is 29.6. The fourth-order valence-corrected chi connectivity index (χ4v) is 7.78. The second kappa shape index (κ2) is 18.8. The predicted octanol–water partition coefficient (Wildman–Crippen LogP) is 5.30. The molecule has 1 aliphatic heterocycles. The molecule has 4 aromatic carbocycles. The van der Waals surface area contributed by atoms with Crippen molar-refractivity contribution in [1.29, 1.82) is 0 Å². The molecule has 12 heteroatoms. The number of benzene rings is 4. The van der Waals surface area contributed by atoms with Crippen LogP contribution in [0.5, 0.6) is 11.5 Å². The SMILES string of the molecule is O=C(NCCCOc1cccc([C@](O)(C(=O)OCC2CCN(C3CCC3)CC2)c2ccccc2)c1)c1ccc(CNC[C@H](O)c2ccc(O)c3[nH]c(=O)ccc23)cc1. The Morgan fingerprint density at radius 1 is 0.897 bits per heavy atom. The average Bonchev–Trinajstić information content (AvgIpc) is 3.23. The van der Waals surface area contributed by atoms with Gasteiger partial charge >= 0.3 is 5.97 Å². The highest BCUT2D eigenvalue weighted by molar-refractivity contribution is 5.94. The van der Waals surface area contributed by atoms with Crippen LogP contribution in [0.1, 0.15) is 77.2 Å². The predicted molar refractivity (Wildman–Crippen MR) is 221 cm³/mol. The summed E-state index contributed by atoms with van der Waals surface area (Å²) in [4.78, 5) is 43.5. The number of rotatable bonds is 17. The highest BCUT2D eigenvalue weighted by Gasteiger charge is 2.42. The maximum Gasteiger partial charge on any atom is 0.347 e. The molecule has 5 aromatic rings. The number of ether oxygens (including phenoxy) is 2. The first kappa shape index (κ1) is 40.7. The summed E-state index contributed by atoms with van der Waals surface area (Å²) in [6.45, 7) is 3.67. The monoisotopic (exact) mass is 788 g/mol. The van der Waals surface area contributed by atoms with E-state index < -0.39 is 17.7 Å². The molecule has 2 fully saturated rings. The number of nitrogens with zero attached hydrogens (tertiary/aromatic N) is 1. The molecule has 6 N–H and O–H groups in total. The molecule has 7 rings (SSSR count). The van der Waals surface area contributed by atoms with Crippen LogP contribution in [0, 0.1) is 5.92 Å². The first-order valence-electron chi connectivity index (χ1n) is 20.2. The second-order valence-electron chi connectivity index (χ2n) is 15.4. The Labute approximate surface area is 337 Å². The molecule has 1 saturated carbocycles. The number of aromatic amines is 1. The molecule has 1 aromatic heterocycles. The van der Waals surface area contributed by atoms with Crippen molar-refractivity contribution in [3.8, 4) is 11.5 Å². The first-order valence-corrected chi connectivity index (χ1v) is 20.2. The van der Waals surface area contributed by atoms with E-state index in [1.54, 1.807) is 72.8 Å². The molecule has 2 heterocycles. The van der Waals surface area contributed by atoms with Gasteiger partial charge in [-0.05, 0) is 104 Å². The van der Waals surface area contributed by atoms with Gasteiger partial charge in [-0.2, -0.15) is 0 Å². The van der Waals surface area contributed by atoms with Crippen LogP contribution < -0.4 is 20.9 Å². The van der Waals surface area contributed by atoms with Crippen LogP contribution in [-0.2, 0) is 21.7 Å². The maximum absolute atomic E-state index is 13.7. The van der Waals surface area contributed by atoms with Gasteiger partial charge in [0.2, 0.25) is 11.2 Å². The summed E-state index contributed by atoms with van der Waals surface area (Å²) in [6.07, 6.45) is 5.47. The van der Waals surface area contributed by atoms with Gasteiger partial charge in [-0.1, -0.05) is 67.1 Å². The van der Waals surface area contributed by atoms with E-state index >= 15 is 0 Å². The molecule has 0 unspecified atom stereocenters. The lowest BCUT2D eigenvalue weighted by Gasteiger charge is -2.41. The highest BCUT2D eigenvalue weighted by Crippen LogP contribution is 2.35. The molecule has 2 atom stereocenters. The minimum atomic E-state index is -2.01. The lowest BCUT2D eigenvalue weighted by atomic mass is 9.86. The average molecular weight is 789 g/mol. The Morgan fingerprint density at radius 2 is 1.66 bits per heavy atom. The van der Waals surface area contributed by atoms with Gasteiger partial charge in [0.15, 0.2) is 0 Å². The van der Waals surface area contributed by atoms with Gasteiger partial charge in [0.05, 0.1) is 24.8 Å². The summed E-state index contributed by atoms with van der Waals surface area (Å²) in [5, 5.41) is 39.7. The largest absolute Gasteiger partial charge is 0.506 e. The lowest BCUT2D eigenvalue weighted by Crippen LogP contribution is -2.45. The number of aliphatic hydroxyl groups excluding tert-OH is 1. The van der Waals surface area contributed by atoms with Crippen LogP contribution in [0.3, 0.4) is 0 Å². The molecule has 0 radical (unpaired) electrons. The van der Waals surface area contributed by atoms with Gasteiger partial charge in [0.25, 0.3) is 5.91 Å². The number of hydrogen-bond acceptors (Lipinski definition) is 10. The van der Waals surface area contributed by atoms with E-state index in [0.29, 0.717) is 65.5 Å². The van der Waals surface area contributed by atoms with Gasteiger partial charge in [-0.3, -0.25) is 9.59 Å². The summed E-state index contributed by atoms with van der Waals surface area (Å²) in [7, 11) is 0. The molecular weight excluding hydrogens is 737 g/mol. The van der Waals surface area contributed by atoms with Crippen LogP contribution in [-0.4, -0.2) is 82.5 Å². The maximum atomic E-state index is 13.7. The number of aliphatic hydroxyl groups is 2. The normalized spacial score (nSPS) is 16.6. The van der Waals surface area contributed by atoms with Crippen LogP contribution in [0.4, 0.5) is 0 Å². The Bertz CT molecular complexity index is 2220. The summed E-state index contributed by atoms with van der Waals surface area (Å²) >= 11 is 0. The van der Waals surface area contributed by atoms with Crippen molar-refractivity contribution >= 4 is 22.8 Å². The number of phenolic OH excluding ortho intramolecular Hbond substituents is 1. The Hall–Kier alpha value is -5.53. The van der Waals surface area contributed by atoms with Crippen LogP contribution >= 0.6 is 0 Å². The fourth-order valence-electron chi connectivity index (χ4n) is 7.78. The number of carbonyl (C=O) groups is 2. The number of carbonyl (C=O) groups excluding carboxylic acids is 2. The van der Waals surface area contributed by atoms with Gasteiger partial charge in [0.1, 0.15) is 11.5 Å². The zero-order valence-corrected chi connectivity index (χ0v) is 32.6. The van der Waals surface area contributed by atoms with Crippen molar-refractivity contribution < 1.29 is 34.4 Å². The standard InChI is InChI=1S/C46H52N4O8/c51-40-19-17-38(39-18-20-42(53)49-43(39)40)41(52)29-47-28-31-13-15-33(16-14-31)44(54)48-23-6-26-57-37-12-4-9-35(27-37)46(56,34-7-2-1-3-8-34)45(55)58-30-32-21-24-50(25-22-32)36-10-5-11-36/h1-4,7-9,12-20,27,32,36,41,47,51-52,56H,5-6,10-11,21-26,28-30H2,(H,48,54)(H,49,53)/t41-,46-/m0/s1. The molecular formula is C46H52N4O8.